The maximum atomic E-state index is 13.0. The van der Waals surface area contributed by atoms with E-state index in [1.165, 1.54) is 11.1 Å². The van der Waals surface area contributed by atoms with E-state index >= 15 is 0 Å². The van der Waals surface area contributed by atoms with Gasteiger partial charge in [-0.05, 0) is 54.9 Å². The van der Waals surface area contributed by atoms with Gasteiger partial charge in [-0.15, -0.1) is 11.8 Å². The smallest absolute Gasteiger partial charge is 0.240 e. The molecule has 3 nitrogen and oxygen atoms in total. The standard InChI is InChI=1S/C18H25NO2S/c1-19(15-8-6-13(12-20)7-9-15)18(21)17-16-5-3-2-4-14(16)10-11-22-17/h2-5,13,15,17,20H,6-12H2,1H3. The molecule has 1 aliphatic heterocycles. The van der Waals surface area contributed by atoms with Gasteiger partial charge in [-0.3, -0.25) is 4.79 Å². The molecule has 3 rings (SSSR count). The van der Waals surface area contributed by atoms with Crippen LogP contribution in [0.2, 0.25) is 0 Å². The van der Waals surface area contributed by atoms with Crippen molar-refractivity contribution >= 4 is 17.7 Å². The summed E-state index contributed by atoms with van der Waals surface area (Å²) in [6.45, 7) is 0.288. The van der Waals surface area contributed by atoms with E-state index in [1.54, 1.807) is 11.8 Å². The first-order valence-electron chi connectivity index (χ1n) is 8.27. The highest BCUT2D eigenvalue weighted by Crippen LogP contribution is 2.39. The molecule has 1 aromatic rings. The molecule has 1 aromatic carbocycles. The lowest BCUT2D eigenvalue weighted by Gasteiger charge is -2.37. The summed E-state index contributed by atoms with van der Waals surface area (Å²) in [5.74, 6) is 1.72. The molecule has 2 aliphatic rings. The summed E-state index contributed by atoms with van der Waals surface area (Å²) in [5, 5.41) is 9.22. The number of aliphatic hydroxyl groups excluding tert-OH is 1. The summed E-state index contributed by atoms with van der Waals surface area (Å²) in [5.41, 5.74) is 2.54. The van der Waals surface area contributed by atoms with Crippen molar-refractivity contribution in [2.45, 2.75) is 43.4 Å². The Bertz CT molecular complexity index is 526. The summed E-state index contributed by atoms with van der Waals surface area (Å²) in [4.78, 5) is 14.9. The fourth-order valence-corrected chi connectivity index (χ4v) is 4.97. The second kappa shape index (κ2) is 7.05. The summed E-state index contributed by atoms with van der Waals surface area (Å²) in [6, 6.07) is 8.71. The van der Waals surface area contributed by atoms with Crippen LogP contribution in [0.4, 0.5) is 0 Å². The van der Waals surface area contributed by atoms with Gasteiger partial charge in [0, 0.05) is 19.7 Å². The molecule has 1 heterocycles. The number of carbonyl (C=O) groups excluding carboxylic acids is 1. The van der Waals surface area contributed by atoms with Crippen LogP contribution >= 0.6 is 11.8 Å². The molecule has 0 aromatic heterocycles. The number of fused-ring (bicyclic) bond motifs is 1. The highest BCUT2D eigenvalue weighted by molar-refractivity contribution is 8.00. The van der Waals surface area contributed by atoms with Crippen molar-refractivity contribution in [1.29, 1.82) is 0 Å². The van der Waals surface area contributed by atoms with Gasteiger partial charge in [0.15, 0.2) is 0 Å². The second-order valence-corrected chi connectivity index (χ2v) is 7.72. The highest BCUT2D eigenvalue weighted by Gasteiger charge is 2.33. The van der Waals surface area contributed by atoms with Crippen LogP contribution in [0.3, 0.4) is 0 Å². The molecule has 1 atom stereocenters. The van der Waals surface area contributed by atoms with Gasteiger partial charge in [-0.25, -0.2) is 0 Å². The number of carbonyl (C=O) groups is 1. The van der Waals surface area contributed by atoms with E-state index in [0.717, 1.165) is 37.9 Å². The van der Waals surface area contributed by atoms with E-state index < -0.39 is 0 Å². The van der Waals surface area contributed by atoms with Crippen molar-refractivity contribution in [1.82, 2.24) is 4.90 Å². The Kier molecular flexibility index (Phi) is 5.09. The van der Waals surface area contributed by atoms with Crippen molar-refractivity contribution < 1.29 is 9.90 Å². The normalized spacial score (nSPS) is 28.0. The number of thioether (sulfide) groups is 1. The average Bonchev–Trinajstić information content (AvgIpc) is 2.60. The maximum Gasteiger partial charge on any atom is 0.240 e. The minimum absolute atomic E-state index is 0.0366. The molecule has 0 saturated heterocycles. The molecule has 1 N–H and O–H groups in total. The van der Waals surface area contributed by atoms with E-state index in [9.17, 15) is 9.90 Å². The van der Waals surface area contributed by atoms with Crippen molar-refractivity contribution in [3.63, 3.8) is 0 Å². The van der Waals surface area contributed by atoms with Gasteiger partial charge >= 0.3 is 0 Å². The summed E-state index contributed by atoms with van der Waals surface area (Å²) < 4.78 is 0. The Morgan fingerprint density at radius 2 is 2.00 bits per heavy atom. The number of likely N-dealkylation sites (N-methyl/N-ethyl adjacent to an activating group) is 1. The molecule has 1 saturated carbocycles. The molecule has 1 fully saturated rings. The number of aryl methyl sites for hydroxylation is 1. The number of rotatable bonds is 3. The van der Waals surface area contributed by atoms with Crippen LogP contribution in [0.25, 0.3) is 0 Å². The zero-order chi connectivity index (χ0) is 15.5. The minimum atomic E-state index is -0.0366. The Morgan fingerprint density at radius 1 is 1.27 bits per heavy atom. The average molecular weight is 319 g/mol. The Labute approximate surface area is 137 Å². The maximum absolute atomic E-state index is 13.0. The number of hydrogen-bond donors (Lipinski definition) is 1. The van der Waals surface area contributed by atoms with Crippen LogP contribution in [0.5, 0.6) is 0 Å². The highest BCUT2D eigenvalue weighted by atomic mass is 32.2. The number of benzene rings is 1. The molecule has 1 amide bonds. The Hall–Kier alpha value is -1.00. The third-order valence-electron chi connectivity index (χ3n) is 5.19. The first-order chi connectivity index (χ1) is 10.7. The number of aliphatic hydroxyl groups is 1. The lowest BCUT2D eigenvalue weighted by Crippen LogP contribution is -2.42. The molecule has 0 spiro atoms. The molecule has 4 heteroatoms. The lowest BCUT2D eigenvalue weighted by atomic mass is 9.86. The SMILES string of the molecule is CN(C(=O)C1SCCc2ccccc21)C1CCC(CO)CC1. The lowest BCUT2D eigenvalue weighted by molar-refractivity contribution is -0.132. The van der Waals surface area contributed by atoms with Crippen LogP contribution in [0, 0.1) is 5.92 Å². The Morgan fingerprint density at radius 3 is 2.73 bits per heavy atom. The van der Waals surface area contributed by atoms with Crippen molar-refractivity contribution in [2.24, 2.45) is 5.92 Å². The molecule has 22 heavy (non-hydrogen) atoms. The number of hydrogen-bond acceptors (Lipinski definition) is 3. The molecular formula is C18H25NO2S. The van der Waals surface area contributed by atoms with E-state index in [2.05, 4.69) is 18.2 Å². The minimum Gasteiger partial charge on any atom is -0.396 e. The third-order valence-corrected chi connectivity index (χ3v) is 6.42. The fourth-order valence-electron chi connectivity index (χ4n) is 3.68. The summed E-state index contributed by atoms with van der Waals surface area (Å²) in [6.07, 6.45) is 5.18. The van der Waals surface area contributed by atoms with E-state index in [-0.39, 0.29) is 17.8 Å². The molecule has 0 bridgehead atoms. The predicted octanol–water partition coefficient (Wildman–Crippen LogP) is 3.03. The van der Waals surface area contributed by atoms with Gasteiger partial charge in [0.1, 0.15) is 5.25 Å². The molecule has 1 aliphatic carbocycles. The van der Waals surface area contributed by atoms with Gasteiger partial charge < -0.3 is 10.0 Å². The van der Waals surface area contributed by atoms with Gasteiger partial charge in [0.2, 0.25) is 5.91 Å². The first kappa shape index (κ1) is 15.9. The van der Waals surface area contributed by atoms with Crippen molar-refractivity contribution in [3.8, 4) is 0 Å². The van der Waals surface area contributed by atoms with Crippen LogP contribution in [0.15, 0.2) is 24.3 Å². The van der Waals surface area contributed by atoms with Crippen molar-refractivity contribution in [3.05, 3.63) is 35.4 Å². The number of nitrogens with zero attached hydrogens (tertiary/aromatic N) is 1. The zero-order valence-corrected chi connectivity index (χ0v) is 14.0. The summed E-state index contributed by atoms with van der Waals surface area (Å²) >= 11 is 1.78. The van der Waals surface area contributed by atoms with Crippen molar-refractivity contribution in [2.75, 3.05) is 19.4 Å². The van der Waals surface area contributed by atoms with Crippen LogP contribution in [0.1, 0.15) is 42.1 Å². The largest absolute Gasteiger partial charge is 0.396 e. The van der Waals surface area contributed by atoms with Gasteiger partial charge in [0.05, 0.1) is 0 Å². The van der Waals surface area contributed by atoms with Crippen LogP contribution < -0.4 is 0 Å². The topological polar surface area (TPSA) is 40.5 Å². The van der Waals surface area contributed by atoms with Gasteiger partial charge in [-0.1, -0.05) is 24.3 Å². The van der Waals surface area contributed by atoms with Gasteiger partial charge in [0.25, 0.3) is 0 Å². The quantitative estimate of drug-likeness (QED) is 0.931. The van der Waals surface area contributed by atoms with E-state index in [1.807, 2.05) is 18.0 Å². The van der Waals surface area contributed by atoms with Crippen LogP contribution in [-0.2, 0) is 11.2 Å². The Balaban J connectivity index is 1.69. The monoisotopic (exact) mass is 319 g/mol. The van der Waals surface area contributed by atoms with Gasteiger partial charge in [-0.2, -0.15) is 0 Å². The third kappa shape index (κ3) is 3.18. The molecule has 120 valence electrons. The fraction of sp³-hybridized carbons (Fsp3) is 0.611. The molecule has 0 radical (unpaired) electrons. The predicted molar refractivity (Wildman–Crippen MR) is 90.9 cm³/mol. The van der Waals surface area contributed by atoms with E-state index in [4.69, 9.17) is 0 Å². The van der Waals surface area contributed by atoms with Crippen LogP contribution in [-0.4, -0.2) is 41.4 Å². The molecular weight excluding hydrogens is 294 g/mol. The number of amides is 1. The second-order valence-electron chi connectivity index (χ2n) is 6.51. The van der Waals surface area contributed by atoms with E-state index in [0.29, 0.717) is 12.0 Å². The summed E-state index contributed by atoms with van der Waals surface area (Å²) in [7, 11) is 1.96. The zero-order valence-electron chi connectivity index (χ0n) is 13.2. The molecule has 1 unspecified atom stereocenters. The first-order valence-corrected chi connectivity index (χ1v) is 9.32.